The number of fused-ring (bicyclic) bond motifs is 1. The summed E-state index contributed by atoms with van der Waals surface area (Å²) < 4.78 is 11.6. The number of ether oxygens (including phenoxy) is 2. The number of thiazole rings is 1. The fraction of sp³-hybridized carbons (Fsp3) is 0.212. The number of para-hydroxylation sites is 1. The van der Waals surface area contributed by atoms with Crippen LogP contribution in [0.3, 0.4) is 0 Å². The molecule has 0 saturated carbocycles. The Labute approximate surface area is 249 Å². The molecule has 0 aliphatic rings. The molecule has 0 fully saturated rings. The largest absolute Gasteiger partial charge is 0.497 e. The Balaban J connectivity index is 1.36. The van der Waals surface area contributed by atoms with Crippen molar-refractivity contribution in [2.75, 3.05) is 19.1 Å². The molecular formula is C33H32N4O4S. The molecule has 5 aromatic rings. The van der Waals surface area contributed by atoms with Crippen LogP contribution in [0.15, 0.2) is 91.1 Å². The molecule has 0 aliphatic heterocycles. The van der Waals surface area contributed by atoms with E-state index in [2.05, 4.69) is 15.2 Å². The van der Waals surface area contributed by atoms with Gasteiger partial charge in [0, 0.05) is 32.6 Å². The lowest BCUT2D eigenvalue weighted by atomic mass is 10.0. The van der Waals surface area contributed by atoms with Gasteiger partial charge in [-0.25, -0.2) is 9.97 Å². The van der Waals surface area contributed by atoms with Crippen LogP contribution >= 0.6 is 11.3 Å². The standard InChI is InChI=1S/C33H32N4O4S/c1-22(38)35-29(32(39)33-36-28-6-4-5-7-30(28)42-33)18-25-12-17-31(34-19-25)37(20-23-8-13-26(40-2)14-9-23)21-24-10-15-27(41-3)16-11-24/h4-17,19,29H,18,20-21H2,1-3H3,(H,35,38). The van der Waals surface area contributed by atoms with Crippen LogP contribution in [0.2, 0.25) is 0 Å². The number of Topliss-reactive ketones (excluding diaryl/α,β-unsaturated/α-hetero) is 1. The van der Waals surface area contributed by atoms with Crippen LogP contribution in [0.4, 0.5) is 5.82 Å². The monoisotopic (exact) mass is 580 g/mol. The zero-order chi connectivity index (χ0) is 29.5. The molecule has 0 aliphatic carbocycles. The van der Waals surface area contributed by atoms with E-state index >= 15 is 0 Å². The molecule has 0 saturated heterocycles. The van der Waals surface area contributed by atoms with Crippen molar-refractivity contribution in [1.29, 1.82) is 0 Å². The van der Waals surface area contributed by atoms with Gasteiger partial charge in [-0.05, 0) is 59.2 Å². The quantitative estimate of drug-likeness (QED) is 0.185. The average Bonchev–Trinajstić information content (AvgIpc) is 3.45. The maximum Gasteiger partial charge on any atom is 0.217 e. The van der Waals surface area contributed by atoms with Gasteiger partial charge in [-0.2, -0.15) is 0 Å². The highest BCUT2D eigenvalue weighted by Crippen LogP contribution is 2.25. The number of rotatable bonds is 12. The maximum atomic E-state index is 13.4. The van der Waals surface area contributed by atoms with Gasteiger partial charge in [0.15, 0.2) is 5.01 Å². The zero-order valence-corrected chi connectivity index (χ0v) is 24.6. The lowest BCUT2D eigenvalue weighted by Crippen LogP contribution is -2.41. The van der Waals surface area contributed by atoms with Gasteiger partial charge in [0.25, 0.3) is 0 Å². The highest BCUT2D eigenvalue weighted by molar-refractivity contribution is 7.20. The molecule has 9 heteroatoms. The molecule has 3 aromatic carbocycles. The lowest BCUT2D eigenvalue weighted by Gasteiger charge is -2.25. The number of carbonyl (C=O) groups is 2. The molecule has 1 amide bonds. The number of pyridine rings is 1. The first-order valence-electron chi connectivity index (χ1n) is 13.5. The summed E-state index contributed by atoms with van der Waals surface area (Å²) in [5.74, 6) is 1.91. The predicted molar refractivity (Wildman–Crippen MR) is 165 cm³/mol. The van der Waals surface area contributed by atoms with Crippen LogP contribution in [0.1, 0.15) is 33.4 Å². The van der Waals surface area contributed by atoms with Crippen molar-refractivity contribution < 1.29 is 19.1 Å². The van der Waals surface area contributed by atoms with Crippen molar-refractivity contribution >= 4 is 39.1 Å². The zero-order valence-electron chi connectivity index (χ0n) is 23.7. The third-order valence-corrected chi connectivity index (χ3v) is 7.89. The summed E-state index contributed by atoms with van der Waals surface area (Å²) >= 11 is 1.33. The molecule has 214 valence electrons. The number of methoxy groups -OCH3 is 2. The molecule has 2 aromatic heterocycles. The minimum Gasteiger partial charge on any atom is -0.497 e. The number of carbonyl (C=O) groups excluding carboxylic acids is 2. The summed E-state index contributed by atoms with van der Waals surface area (Å²) in [6.07, 6.45) is 2.07. The van der Waals surface area contributed by atoms with Crippen molar-refractivity contribution in [2.24, 2.45) is 0 Å². The Morgan fingerprint density at radius 2 is 1.43 bits per heavy atom. The van der Waals surface area contributed by atoms with E-state index in [1.807, 2.05) is 84.9 Å². The molecule has 1 unspecified atom stereocenters. The van der Waals surface area contributed by atoms with Gasteiger partial charge in [-0.1, -0.05) is 42.5 Å². The molecule has 2 heterocycles. The number of hydrogen-bond acceptors (Lipinski definition) is 8. The predicted octanol–water partition coefficient (Wildman–Crippen LogP) is 5.85. The Morgan fingerprint density at radius 1 is 0.833 bits per heavy atom. The van der Waals surface area contributed by atoms with E-state index in [-0.39, 0.29) is 11.7 Å². The first-order chi connectivity index (χ1) is 20.4. The molecular weight excluding hydrogens is 548 g/mol. The van der Waals surface area contributed by atoms with Crippen LogP contribution in [-0.2, 0) is 24.3 Å². The van der Waals surface area contributed by atoms with Crippen molar-refractivity contribution in [1.82, 2.24) is 15.3 Å². The molecule has 1 atom stereocenters. The summed E-state index contributed by atoms with van der Waals surface area (Å²) in [7, 11) is 3.30. The van der Waals surface area contributed by atoms with Crippen molar-refractivity contribution in [2.45, 2.75) is 32.5 Å². The van der Waals surface area contributed by atoms with Gasteiger partial charge in [0.05, 0.1) is 30.5 Å². The second-order valence-corrected chi connectivity index (χ2v) is 10.9. The topological polar surface area (TPSA) is 93.7 Å². The SMILES string of the molecule is COc1ccc(CN(Cc2ccc(OC)cc2)c2ccc(CC(NC(C)=O)C(=O)c3nc4ccccc4s3)cn2)cc1. The van der Waals surface area contributed by atoms with Gasteiger partial charge in [-0.15, -0.1) is 11.3 Å². The van der Waals surface area contributed by atoms with E-state index in [0.29, 0.717) is 24.5 Å². The van der Waals surface area contributed by atoms with E-state index in [0.717, 1.165) is 44.2 Å². The van der Waals surface area contributed by atoms with Crippen molar-refractivity contribution in [3.63, 3.8) is 0 Å². The van der Waals surface area contributed by atoms with Crippen LogP contribution in [0.25, 0.3) is 10.2 Å². The van der Waals surface area contributed by atoms with E-state index in [1.165, 1.54) is 18.3 Å². The molecule has 8 nitrogen and oxygen atoms in total. The Kier molecular flexibility index (Phi) is 9.08. The number of hydrogen-bond donors (Lipinski definition) is 1. The minimum atomic E-state index is -0.745. The number of nitrogens with zero attached hydrogens (tertiary/aromatic N) is 3. The molecule has 0 radical (unpaired) electrons. The van der Waals surface area contributed by atoms with Crippen LogP contribution in [-0.4, -0.2) is 41.9 Å². The highest BCUT2D eigenvalue weighted by Gasteiger charge is 2.25. The number of benzene rings is 3. The molecule has 42 heavy (non-hydrogen) atoms. The number of nitrogens with one attached hydrogen (secondary N) is 1. The smallest absolute Gasteiger partial charge is 0.217 e. The van der Waals surface area contributed by atoms with Gasteiger partial charge in [0.2, 0.25) is 11.7 Å². The van der Waals surface area contributed by atoms with Gasteiger partial charge < -0.3 is 19.7 Å². The van der Waals surface area contributed by atoms with E-state index in [4.69, 9.17) is 14.5 Å². The van der Waals surface area contributed by atoms with Crippen LogP contribution < -0.4 is 19.7 Å². The normalized spacial score (nSPS) is 11.6. The van der Waals surface area contributed by atoms with Crippen molar-refractivity contribution in [3.05, 3.63) is 113 Å². The number of anilines is 1. The Bertz CT molecular complexity index is 1570. The molecule has 0 spiro atoms. The number of amides is 1. The summed E-state index contributed by atoms with van der Waals surface area (Å²) in [5.41, 5.74) is 3.83. The molecule has 0 bridgehead atoms. The second kappa shape index (κ2) is 13.3. The third kappa shape index (κ3) is 7.11. The fourth-order valence-corrected chi connectivity index (χ4v) is 5.62. The number of ketones is 1. The Hall–Kier alpha value is -4.76. The highest BCUT2D eigenvalue weighted by atomic mass is 32.1. The van der Waals surface area contributed by atoms with Gasteiger partial charge >= 0.3 is 0 Å². The Morgan fingerprint density at radius 3 is 1.95 bits per heavy atom. The first kappa shape index (κ1) is 28.8. The van der Waals surface area contributed by atoms with Crippen LogP contribution in [0.5, 0.6) is 11.5 Å². The first-order valence-corrected chi connectivity index (χ1v) is 14.4. The summed E-state index contributed by atoms with van der Waals surface area (Å²) in [5, 5.41) is 3.19. The summed E-state index contributed by atoms with van der Waals surface area (Å²) in [6.45, 7) is 2.68. The minimum absolute atomic E-state index is 0.212. The number of aromatic nitrogens is 2. The third-order valence-electron chi connectivity index (χ3n) is 6.84. The van der Waals surface area contributed by atoms with Crippen LogP contribution in [0, 0.1) is 0 Å². The molecule has 5 rings (SSSR count). The summed E-state index contributed by atoms with van der Waals surface area (Å²) in [6, 6.07) is 26.7. The average molecular weight is 581 g/mol. The van der Waals surface area contributed by atoms with Gasteiger partial charge in [0.1, 0.15) is 17.3 Å². The fourth-order valence-electron chi connectivity index (χ4n) is 4.66. The van der Waals surface area contributed by atoms with Gasteiger partial charge in [-0.3, -0.25) is 9.59 Å². The van der Waals surface area contributed by atoms with E-state index in [1.54, 1.807) is 20.4 Å². The molecule has 1 N–H and O–H groups in total. The summed E-state index contributed by atoms with van der Waals surface area (Å²) in [4.78, 5) is 36.9. The van der Waals surface area contributed by atoms with Crippen molar-refractivity contribution in [3.8, 4) is 11.5 Å². The lowest BCUT2D eigenvalue weighted by molar-refractivity contribution is -0.119. The maximum absolute atomic E-state index is 13.4. The van der Waals surface area contributed by atoms with E-state index in [9.17, 15) is 9.59 Å². The second-order valence-electron chi connectivity index (χ2n) is 9.89. The van der Waals surface area contributed by atoms with E-state index < -0.39 is 6.04 Å².